The molecule has 4 aromatic rings. The monoisotopic (exact) mass is 507 g/mol. The first kappa shape index (κ1) is 23.9. The van der Waals surface area contributed by atoms with Crippen LogP contribution in [-0.4, -0.2) is 75.9 Å². The number of sulfone groups is 1. The summed E-state index contributed by atoms with van der Waals surface area (Å²) in [6.45, 7) is 1.75. The number of ether oxygens (including phenoxy) is 1. The summed E-state index contributed by atoms with van der Waals surface area (Å²) in [5, 5.41) is 14.5. The Hall–Kier alpha value is -3.83. The van der Waals surface area contributed by atoms with Gasteiger partial charge in [-0.3, -0.25) is 9.69 Å². The summed E-state index contributed by atoms with van der Waals surface area (Å²) in [6.07, 6.45) is 5.67. The van der Waals surface area contributed by atoms with Crippen molar-refractivity contribution in [2.24, 2.45) is 0 Å². The van der Waals surface area contributed by atoms with Crippen molar-refractivity contribution in [1.29, 1.82) is 0 Å². The number of Topliss-reactive ketones (excluding diaryl/α,β-unsaturated/α-hetero) is 1. The van der Waals surface area contributed by atoms with Gasteiger partial charge >= 0.3 is 0 Å². The zero-order valence-electron chi connectivity index (χ0n) is 19.6. The number of hydrogen-bond donors (Lipinski definition) is 1. The molecule has 0 aliphatic carbocycles. The van der Waals surface area contributed by atoms with Crippen molar-refractivity contribution in [3.05, 3.63) is 66.6 Å². The number of likely N-dealkylation sites (tertiary alicyclic amines) is 1. The molecule has 0 radical (unpaired) electrons. The number of fused-ring (bicyclic) bond motifs is 1. The normalized spacial score (nSPS) is 15.2. The standard InChI is InChI=1S/C25H25N5O5S/c1-36(33,34)21-8-4-18(5-9-21)30-24-22(14-28-30)25(27-16-26-24)35-20-10-12-29(13-11-20)15-23(32)17-2-6-19(31)7-3-17/h2-9,14,16,20,31H,10-13,15H2,1H3. The van der Waals surface area contributed by atoms with Gasteiger partial charge in [0.05, 0.1) is 23.3 Å². The lowest BCUT2D eigenvalue weighted by atomic mass is 10.1. The van der Waals surface area contributed by atoms with E-state index < -0.39 is 9.84 Å². The zero-order valence-corrected chi connectivity index (χ0v) is 20.4. The highest BCUT2D eigenvalue weighted by molar-refractivity contribution is 7.90. The van der Waals surface area contributed by atoms with E-state index in [1.54, 1.807) is 35.1 Å². The fraction of sp³-hybridized carbons (Fsp3) is 0.280. The van der Waals surface area contributed by atoms with Gasteiger partial charge in [-0.1, -0.05) is 0 Å². The third kappa shape index (κ3) is 5.07. The predicted octanol–water partition coefficient (Wildman–Crippen LogP) is 2.65. The molecule has 10 nitrogen and oxygen atoms in total. The van der Waals surface area contributed by atoms with Gasteiger partial charge in [-0.05, 0) is 61.4 Å². The van der Waals surface area contributed by atoms with Crippen LogP contribution in [0.25, 0.3) is 16.7 Å². The number of phenols is 1. The molecule has 0 saturated carbocycles. The molecule has 1 saturated heterocycles. The maximum atomic E-state index is 12.5. The van der Waals surface area contributed by atoms with Crippen molar-refractivity contribution < 1.29 is 23.1 Å². The molecule has 11 heteroatoms. The van der Waals surface area contributed by atoms with Crippen LogP contribution in [0.4, 0.5) is 0 Å². The van der Waals surface area contributed by atoms with E-state index >= 15 is 0 Å². The van der Waals surface area contributed by atoms with E-state index in [-0.39, 0.29) is 22.5 Å². The number of piperidine rings is 1. The molecule has 1 aliphatic rings. The second-order valence-electron chi connectivity index (χ2n) is 8.80. The lowest BCUT2D eigenvalue weighted by molar-refractivity contribution is 0.0782. The summed E-state index contributed by atoms with van der Waals surface area (Å²) in [7, 11) is -3.29. The largest absolute Gasteiger partial charge is 0.508 e. The Bertz CT molecular complexity index is 1490. The van der Waals surface area contributed by atoms with Crippen molar-refractivity contribution in [2.75, 3.05) is 25.9 Å². The molecule has 0 unspecified atom stereocenters. The molecule has 0 amide bonds. The molecule has 5 rings (SSSR count). The molecule has 2 aromatic heterocycles. The second kappa shape index (κ2) is 9.67. The van der Waals surface area contributed by atoms with Crippen LogP contribution in [0.5, 0.6) is 11.6 Å². The summed E-state index contributed by atoms with van der Waals surface area (Å²) in [4.78, 5) is 23.5. The Balaban J connectivity index is 1.24. The molecular weight excluding hydrogens is 482 g/mol. The summed E-state index contributed by atoms with van der Waals surface area (Å²) < 4.78 is 31.3. The quantitative estimate of drug-likeness (QED) is 0.376. The minimum atomic E-state index is -3.29. The minimum Gasteiger partial charge on any atom is -0.508 e. The number of hydrogen-bond acceptors (Lipinski definition) is 9. The number of phenolic OH excluding ortho intramolecular Hbond substituents is 1. The van der Waals surface area contributed by atoms with Crippen molar-refractivity contribution in [2.45, 2.75) is 23.8 Å². The molecule has 0 spiro atoms. The molecule has 186 valence electrons. The van der Waals surface area contributed by atoms with Gasteiger partial charge in [0.25, 0.3) is 0 Å². The Morgan fingerprint density at radius 1 is 1.06 bits per heavy atom. The van der Waals surface area contributed by atoms with Gasteiger partial charge in [-0.15, -0.1) is 0 Å². The minimum absolute atomic E-state index is 0.0175. The molecular formula is C25H25N5O5S. The average molecular weight is 508 g/mol. The van der Waals surface area contributed by atoms with Gasteiger partial charge in [0.2, 0.25) is 5.88 Å². The Morgan fingerprint density at radius 2 is 1.75 bits per heavy atom. The van der Waals surface area contributed by atoms with Crippen LogP contribution in [0.1, 0.15) is 23.2 Å². The molecule has 1 fully saturated rings. The van der Waals surface area contributed by atoms with E-state index in [9.17, 15) is 18.3 Å². The van der Waals surface area contributed by atoms with Crippen LogP contribution in [-0.2, 0) is 9.84 Å². The number of aromatic nitrogens is 4. The zero-order chi connectivity index (χ0) is 25.3. The summed E-state index contributed by atoms with van der Waals surface area (Å²) >= 11 is 0. The Kier molecular flexibility index (Phi) is 6.42. The van der Waals surface area contributed by atoms with E-state index in [4.69, 9.17) is 4.74 Å². The van der Waals surface area contributed by atoms with Crippen LogP contribution >= 0.6 is 0 Å². The van der Waals surface area contributed by atoms with Crippen molar-refractivity contribution in [3.63, 3.8) is 0 Å². The second-order valence-corrected chi connectivity index (χ2v) is 10.8. The van der Waals surface area contributed by atoms with Crippen LogP contribution in [0.3, 0.4) is 0 Å². The highest BCUT2D eigenvalue weighted by Gasteiger charge is 2.24. The first-order chi connectivity index (χ1) is 17.3. The third-order valence-electron chi connectivity index (χ3n) is 6.21. The maximum Gasteiger partial charge on any atom is 0.228 e. The van der Waals surface area contributed by atoms with Crippen LogP contribution in [0.15, 0.2) is 66.0 Å². The van der Waals surface area contributed by atoms with Gasteiger partial charge in [0.15, 0.2) is 21.3 Å². The summed E-state index contributed by atoms with van der Waals surface area (Å²) in [6, 6.07) is 12.7. The Morgan fingerprint density at radius 3 is 2.42 bits per heavy atom. The first-order valence-corrected chi connectivity index (χ1v) is 13.4. The molecule has 0 bridgehead atoms. The van der Waals surface area contributed by atoms with Crippen LogP contribution in [0.2, 0.25) is 0 Å². The molecule has 3 heterocycles. The topological polar surface area (TPSA) is 128 Å². The van der Waals surface area contributed by atoms with Crippen LogP contribution < -0.4 is 4.74 Å². The summed E-state index contributed by atoms with van der Waals surface area (Å²) in [5.74, 6) is 0.597. The first-order valence-electron chi connectivity index (χ1n) is 11.5. The molecule has 2 aromatic carbocycles. The average Bonchev–Trinajstić information content (AvgIpc) is 3.30. The molecule has 1 aliphatic heterocycles. The summed E-state index contributed by atoms with van der Waals surface area (Å²) in [5.41, 5.74) is 1.82. The lowest BCUT2D eigenvalue weighted by Crippen LogP contribution is -2.40. The number of nitrogens with zero attached hydrogens (tertiary/aromatic N) is 5. The van der Waals surface area contributed by atoms with E-state index in [1.165, 1.54) is 36.8 Å². The Labute approximate surface area is 208 Å². The number of aromatic hydroxyl groups is 1. The maximum absolute atomic E-state index is 12.5. The van der Waals surface area contributed by atoms with Gasteiger partial charge in [-0.2, -0.15) is 5.10 Å². The van der Waals surface area contributed by atoms with E-state index in [0.29, 0.717) is 47.8 Å². The number of carbonyl (C=O) groups excluding carboxylic acids is 1. The van der Waals surface area contributed by atoms with Crippen molar-refractivity contribution >= 4 is 26.7 Å². The van der Waals surface area contributed by atoms with Gasteiger partial charge in [0, 0.05) is 24.9 Å². The lowest BCUT2D eigenvalue weighted by Gasteiger charge is -2.31. The van der Waals surface area contributed by atoms with Gasteiger partial charge in [-0.25, -0.2) is 23.1 Å². The third-order valence-corrected chi connectivity index (χ3v) is 7.34. The fourth-order valence-electron chi connectivity index (χ4n) is 4.22. The highest BCUT2D eigenvalue weighted by atomic mass is 32.2. The SMILES string of the molecule is CS(=O)(=O)c1ccc(-n2ncc3c(OC4CCN(CC(=O)c5ccc(O)cc5)CC4)ncnc32)cc1. The number of benzene rings is 2. The molecule has 0 atom stereocenters. The van der Waals surface area contributed by atoms with Gasteiger partial charge in [0.1, 0.15) is 23.6 Å². The van der Waals surface area contributed by atoms with Gasteiger partial charge < -0.3 is 9.84 Å². The van der Waals surface area contributed by atoms with Crippen molar-refractivity contribution in [3.8, 4) is 17.3 Å². The number of rotatable bonds is 7. The smallest absolute Gasteiger partial charge is 0.228 e. The molecule has 1 N–H and O–H groups in total. The highest BCUT2D eigenvalue weighted by Crippen LogP contribution is 2.26. The predicted molar refractivity (Wildman–Crippen MR) is 132 cm³/mol. The molecule has 36 heavy (non-hydrogen) atoms. The number of ketones is 1. The van der Waals surface area contributed by atoms with E-state index in [2.05, 4.69) is 20.0 Å². The van der Waals surface area contributed by atoms with E-state index in [1.807, 2.05) is 0 Å². The number of carbonyl (C=O) groups is 1. The van der Waals surface area contributed by atoms with E-state index in [0.717, 1.165) is 12.8 Å². The van der Waals surface area contributed by atoms with Crippen LogP contribution in [0, 0.1) is 0 Å². The fourth-order valence-corrected chi connectivity index (χ4v) is 4.86. The van der Waals surface area contributed by atoms with Crippen molar-refractivity contribution in [1.82, 2.24) is 24.6 Å².